The third kappa shape index (κ3) is 5.33. The molecule has 9 nitrogen and oxygen atoms in total. The van der Waals surface area contributed by atoms with Gasteiger partial charge in [-0.15, -0.1) is 0 Å². The zero-order chi connectivity index (χ0) is 20.0. The zero-order valence-corrected chi connectivity index (χ0v) is 16.3. The molecule has 1 heterocycles. The van der Waals surface area contributed by atoms with Gasteiger partial charge in [0.15, 0.2) is 11.5 Å². The molecule has 1 fully saturated rings. The van der Waals surface area contributed by atoms with Crippen molar-refractivity contribution in [2.24, 2.45) is 11.7 Å². The van der Waals surface area contributed by atoms with Crippen molar-refractivity contribution in [2.75, 3.05) is 39.6 Å². The number of sulfonamides is 1. The number of rotatable bonds is 8. The van der Waals surface area contributed by atoms with Gasteiger partial charge in [0.05, 0.1) is 20.0 Å². The normalized spacial score (nSPS) is 15.9. The van der Waals surface area contributed by atoms with E-state index in [1.165, 1.54) is 24.6 Å². The molecule has 150 valence electrons. The standard InChI is InChI=1S/C17H25N3O6S/c1-25-14-4-3-13(11-15(14)26-2)17(22)19-7-10-27(23,24)20-8-5-12(6-9-20)16(18)21/h3-4,11-12H,5-10H2,1-2H3,(H2,18,21)(H,19,22). The van der Waals surface area contributed by atoms with E-state index in [9.17, 15) is 18.0 Å². The Hall–Kier alpha value is -2.33. The molecule has 0 bridgehead atoms. The summed E-state index contributed by atoms with van der Waals surface area (Å²) < 4.78 is 36.4. The van der Waals surface area contributed by atoms with Crippen molar-refractivity contribution in [1.82, 2.24) is 9.62 Å². The fourth-order valence-electron chi connectivity index (χ4n) is 2.92. The van der Waals surface area contributed by atoms with Crippen molar-refractivity contribution in [3.63, 3.8) is 0 Å². The first-order valence-corrected chi connectivity index (χ1v) is 10.2. The van der Waals surface area contributed by atoms with E-state index < -0.39 is 21.8 Å². The number of nitrogens with zero attached hydrogens (tertiary/aromatic N) is 1. The molecule has 0 radical (unpaired) electrons. The molecule has 0 aromatic heterocycles. The Kier molecular flexibility index (Phi) is 7.03. The van der Waals surface area contributed by atoms with Crippen molar-refractivity contribution in [1.29, 1.82) is 0 Å². The van der Waals surface area contributed by atoms with Crippen molar-refractivity contribution in [2.45, 2.75) is 12.8 Å². The lowest BCUT2D eigenvalue weighted by molar-refractivity contribution is -0.122. The molecule has 1 aromatic carbocycles. The summed E-state index contributed by atoms with van der Waals surface area (Å²) in [5, 5.41) is 2.59. The average Bonchev–Trinajstić information content (AvgIpc) is 2.67. The van der Waals surface area contributed by atoms with Crippen LogP contribution in [0.1, 0.15) is 23.2 Å². The number of carbonyl (C=O) groups excluding carboxylic acids is 2. The molecule has 2 rings (SSSR count). The molecule has 27 heavy (non-hydrogen) atoms. The van der Waals surface area contributed by atoms with Gasteiger partial charge in [-0.25, -0.2) is 12.7 Å². The molecule has 2 amide bonds. The van der Waals surface area contributed by atoms with Gasteiger partial charge in [0.1, 0.15) is 0 Å². The van der Waals surface area contributed by atoms with Crippen LogP contribution in [0, 0.1) is 5.92 Å². The quantitative estimate of drug-likeness (QED) is 0.631. The smallest absolute Gasteiger partial charge is 0.251 e. The second-order valence-electron chi connectivity index (χ2n) is 6.22. The Bertz CT molecular complexity index is 788. The fourth-order valence-corrected chi connectivity index (χ4v) is 4.31. The number of nitrogens with one attached hydrogen (secondary N) is 1. The Morgan fingerprint density at radius 2 is 1.81 bits per heavy atom. The number of ether oxygens (including phenoxy) is 2. The van der Waals surface area contributed by atoms with Crippen LogP contribution in [0.3, 0.4) is 0 Å². The van der Waals surface area contributed by atoms with Crippen LogP contribution >= 0.6 is 0 Å². The lowest BCUT2D eigenvalue weighted by atomic mass is 9.98. The predicted molar refractivity (Wildman–Crippen MR) is 99.2 cm³/mol. The molecular weight excluding hydrogens is 374 g/mol. The molecule has 0 unspecified atom stereocenters. The van der Waals surface area contributed by atoms with E-state index in [0.717, 1.165) is 0 Å². The minimum absolute atomic E-state index is 0.0226. The minimum atomic E-state index is -3.51. The highest BCUT2D eigenvalue weighted by Crippen LogP contribution is 2.27. The van der Waals surface area contributed by atoms with Gasteiger partial charge in [-0.2, -0.15) is 0 Å². The highest BCUT2D eigenvalue weighted by molar-refractivity contribution is 7.89. The molecule has 0 spiro atoms. The topological polar surface area (TPSA) is 128 Å². The van der Waals surface area contributed by atoms with Crippen molar-refractivity contribution in [3.05, 3.63) is 23.8 Å². The number of carbonyl (C=O) groups is 2. The summed E-state index contributed by atoms with van der Waals surface area (Å²) in [4.78, 5) is 23.4. The molecule has 0 aliphatic carbocycles. The van der Waals surface area contributed by atoms with Gasteiger partial charge in [0, 0.05) is 31.1 Å². The predicted octanol–water partition coefficient (Wildman–Crippen LogP) is -0.0393. The van der Waals surface area contributed by atoms with Crippen molar-refractivity contribution >= 4 is 21.8 Å². The Balaban J connectivity index is 1.88. The van der Waals surface area contributed by atoms with E-state index in [2.05, 4.69) is 5.32 Å². The zero-order valence-electron chi connectivity index (χ0n) is 15.4. The number of hydrogen-bond donors (Lipinski definition) is 2. The first-order chi connectivity index (χ1) is 12.8. The average molecular weight is 399 g/mol. The number of hydrogen-bond acceptors (Lipinski definition) is 6. The summed E-state index contributed by atoms with van der Waals surface area (Å²) in [5.74, 6) is -0.382. The Morgan fingerprint density at radius 3 is 2.37 bits per heavy atom. The molecule has 1 aliphatic heterocycles. The van der Waals surface area contributed by atoms with Crippen LogP contribution in [0.5, 0.6) is 11.5 Å². The molecule has 1 aromatic rings. The summed E-state index contributed by atoms with van der Waals surface area (Å²) >= 11 is 0. The highest BCUT2D eigenvalue weighted by Gasteiger charge is 2.29. The maximum Gasteiger partial charge on any atom is 0.251 e. The number of benzene rings is 1. The molecule has 10 heteroatoms. The number of primary amides is 1. The minimum Gasteiger partial charge on any atom is -0.493 e. The van der Waals surface area contributed by atoms with Gasteiger partial charge in [0.25, 0.3) is 5.91 Å². The lowest BCUT2D eigenvalue weighted by Gasteiger charge is -2.29. The summed E-state index contributed by atoms with van der Waals surface area (Å²) in [7, 11) is -0.551. The number of nitrogens with two attached hydrogens (primary N) is 1. The van der Waals surface area contributed by atoms with Gasteiger partial charge >= 0.3 is 0 Å². The molecule has 1 saturated heterocycles. The largest absolute Gasteiger partial charge is 0.493 e. The van der Waals surface area contributed by atoms with Crippen LogP contribution in [0.15, 0.2) is 18.2 Å². The maximum absolute atomic E-state index is 12.4. The summed E-state index contributed by atoms with van der Waals surface area (Å²) in [6.45, 7) is 0.504. The van der Waals surface area contributed by atoms with Gasteiger partial charge in [-0.1, -0.05) is 0 Å². The van der Waals surface area contributed by atoms with Crippen LogP contribution in [0.4, 0.5) is 0 Å². The van der Waals surface area contributed by atoms with Gasteiger partial charge in [-0.3, -0.25) is 9.59 Å². The van der Waals surface area contributed by atoms with Crippen LogP contribution < -0.4 is 20.5 Å². The van der Waals surface area contributed by atoms with Crippen LogP contribution in [0.2, 0.25) is 0 Å². The summed E-state index contributed by atoms with van der Waals surface area (Å²) in [5.41, 5.74) is 5.60. The third-order valence-corrected chi connectivity index (χ3v) is 6.41. The van der Waals surface area contributed by atoms with E-state index >= 15 is 0 Å². The highest BCUT2D eigenvalue weighted by atomic mass is 32.2. The second-order valence-corrected chi connectivity index (χ2v) is 8.31. The van der Waals surface area contributed by atoms with Crippen molar-refractivity contribution < 1.29 is 27.5 Å². The first-order valence-electron chi connectivity index (χ1n) is 8.56. The molecule has 0 saturated carbocycles. The summed E-state index contributed by atoms with van der Waals surface area (Å²) in [6, 6.07) is 4.70. The molecule has 3 N–H and O–H groups in total. The van der Waals surface area contributed by atoms with Crippen molar-refractivity contribution in [3.8, 4) is 11.5 Å². The van der Waals surface area contributed by atoms with E-state index in [1.54, 1.807) is 12.1 Å². The van der Waals surface area contributed by atoms with Crippen LogP contribution in [-0.4, -0.2) is 64.1 Å². The third-order valence-electron chi connectivity index (χ3n) is 4.54. The van der Waals surface area contributed by atoms with Crippen LogP contribution in [0.25, 0.3) is 0 Å². The number of piperidine rings is 1. The summed E-state index contributed by atoms with van der Waals surface area (Å²) in [6.07, 6.45) is 0.846. The van der Waals surface area contributed by atoms with Crippen LogP contribution in [-0.2, 0) is 14.8 Å². The first kappa shape index (κ1) is 21.0. The van der Waals surface area contributed by atoms with Gasteiger partial charge in [0.2, 0.25) is 15.9 Å². The fraction of sp³-hybridized carbons (Fsp3) is 0.529. The maximum atomic E-state index is 12.4. The van der Waals surface area contributed by atoms with Gasteiger partial charge in [-0.05, 0) is 31.0 Å². The lowest BCUT2D eigenvalue weighted by Crippen LogP contribution is -2.44. The van der Waals surface area contributed by atoms with E-state index in [0.29, 0.717) is 29.9 Å². The van der Waals surface area contributed by atoms with E-state index in [1.807, 2.05) is 0 Å². The monoisotopic (exact) mass is 399 g/mol. The number of amides is 2. The second kappa shape index (κ2) is 9.05. The molecule has 1 aliphatic rings. The molecular formula is C17H25N3O6S. The number of methoxy groups -OCH3 is 2. The Morgan fingerprint density at radius 1 is 1.19 bits per heavy atom. The van der Waals surface area contributed by atoms with E-state index in [-0.39, 0.29) is 31.3 Å². The Labute approximate surface area is 158 Å². The van der Waals surface area contributed by atoms with Gasteiger partial charge < -0.3 is 20.5 Å². The van der Waals surface area contributed by atoms with E-state index in [4.69, 9.17) is 15.2 Å². The SMILES string of the molecule is COc1ccc(C(=O)NCCS(=O)(=O)N2CCC(C(N)=O)CC2)cc1OC. The molecule has 0 atom stereocenters.